The van der Waals surface area contributed by atoms with E-state index in [1.807, 2.05) is 0 Å². The van der Waals surface area contributed by atoms with Crippen LogP contribution in [-0.2, 0) is 0 Å². The highest BCUT2D eigenvalue weighted by Crippen LogP contribution is 2.51. The molecule has 2 aliphatic rings. The molecule has 0 saturated heterocycles. The van der Waals surface area contributed by atoms with Crippen LogP contribution in [0.15, 0.2) is 0 Å². The van der Waals surface area contributed by atoms with Gasteiger partial charge in [-0.2, -0.15) is 0 Å². The van der Waals surface area contributed by atoms with Crippen LogP contribution < -0.4 is 0 Å². The van der Waals surface area contributed by atoms with Crippen molar-refractivity contribution in [2.24, 2.45) is 17.3 Å². The average molecular weight is 306 g/mol. The molecule has 2 saturated carbocycles. The first-order valence-corrected chi connectivity index (χ1v) is 7.86. The predicted octanol–water partition coefficient (Wildman–Crippen LogP) is 4.81. The van der Waals surface area contributed by atoms with Crippen LogP contribution in [0.25, 0.3) is 0 Å². The Balaban J connectivity index is 2.04. The summed E-state index contributed by atoms with van der Waals surface area (Å²) in [7, 11) is 0. The zero-order valence-corrected chi connectivity index (χ0v) is 11.6. The lowest BCUT2D eigenvalue weighted by molar-refractivity contribution is 0.0672. The highest BCUT2D eigenvalue weighted by Gasteiger charge is 2.40. The van der Waals surface area contributed by atoms with Gasteiger partial charge in [-0.3, -0.25) is 0 Å². The van der Waals surface area contributed by atoms with E-state index in [0.29, 0.717) is 0 Å². The molecule has 14 heavy (non-hydrogen) atoms. The van der Waals surface area contributed by atoms with Gasteiger partial charge in [0.25, 0.3) is 0 Å². The Morgan fingerprint density at radius 3 is 2.36 bits per heavy atom. The second-order valence-electron chi connectivity index (χ2n) is 5.69. The Labute approximate surface area is 102 Å². The zero-order chi connectivity index (χ0) is 10.0. The highest BCUT2D eigenvalue weighted by molar-refractivity contribution is 14.1. The molecule has 0 aliphatic heterocycles. The minimum Gasteiger partial charge on any atom is -0.0858 e. The first-order valence-electron chi connectivity index (χ1n) is 6.34. The molecule has 2 bridgehead atoms. The van der Waals surface area contributed by atoms with Crippen molar-refractivity contribution in [3.05, 3.63) is 0 Å². The van der Waals surface area contributed by atoms with Gasteiger partial charge in [-0.05, 0) is 42.9 Å². The average Bonchev–Trinajstić information content (AvgIpc) is 2.18. The Morgan fingerprint density at radius 1 is 1.21 bits per heavy atom. The van der Waals surface area contributed by atoms with Crippen LogP contribution in [-0.4, -0.2) is 4.43 Å². The zero-order valence-electron chi connectivity index (χ0n) is 9.40. The minimum absolute atomic E-state index is 0.753. The maximum atomic E-state index is 2.64. The van der Waals surface area contributed by atoms with E-state index < -0.39 is 0 Å². The van der Waals surface area contributed by atoms with Gasteiger partial charge in [-0.25, -0.2) is 0 Å². The van der Waals surface area contributed by atoms with Crippen LogP contribution in [0.1, 0.15) is 58.3 Å². The van der Waals surface area contributed by atoms with Crippen molar-refractivity contribution in [1.29, 1.82) is 0 Å². The summed E-state index contributed by atoms with van der Waals surface area (Å²) in [5.41, 5.74) is 0.753. The smallest absolute Gasteiger partial charge is 0.00522 e. The van der Waals surface area contributed by atoms with Gasteiger partial charge < -0.3 is 0 Å². The molecule has 82 valence electrons. The van der Waals surface area contributed by atoms with Gasteiger partial charge in [0.2, 0.25) is 0 Å². The second-order valence-corrected chi connectivity index (χ2v) is 6.45. The van der Waals surface area contributed by atoms with Crippen molar-refractivity contribution >= 4 is 22.6 Å². The van der Waals surface area contributed by atoms with Crippen LogP contribution in [0.2, 0.25) is 0 Å². The molecule has 0 nitrogen and oxygen atoms in total. The molecule has 2 unspecified atom stereocenters. The fourth-order valence-corrected chi connectivity index (χ4v) is 5.00. The molecular formula is C13H23I. The molecule has 0 heterocycles. The van der Waals surface area contributed by atoms with Crippen LogP contribution in [0.4, 0.5) is 0 Å². The summed E-state index contributed by atoms with van der Waals surface area (Å²) in [4.78, 5) is 0. The van der Waals surface area contributed by atoms with E-state index >= 15 is 0 Å². The Bertz CT molecular complexity index is 176. The van der Waals surface area contributed by atoms with Crippen molar-refractivity contribution in [3.8, 4) is 0 Å². The molecule has 2 atom stereocenters. The predicted molar refractivity (Wildman–Crippen MR) is 70.9 cm³/mol. The number of halogens is 1. The number of fused-ring (bicyclic) bond motifs is 2. The first-order chi connectivity index (χ1) is 6.78. The highest BCUT2D eigenvalue weighted by atomic mass is 127. The van der Waals surface area contributed by atoms with E-state index in [2.05, 4.69) is 29.5 Å². The molecule has 0 spiro atoms. The van der Waals surface area contributed by atoms with Gasteiger partial charge in [0.1, 0.15) is 0 Å². The number of hydrogen-bond acceptors (Lipinski definition) is 0. The molecule has 0 aromatic heterocycles. The molecule has 2 rings (SSSR count). The summed E-state index contributed by atoms with van der Waals surface area (Å²) in [6, 6.07) is 0. The lowest BCUT2D eigenvalue weighted by Crippen LogP contribution is -2.36. The molecule has 0 amide bonds. The van der Waals surface area contributed by atoms with E-state index in [9.17, 15) is 0 Å². The fraction of sp³-hybridized carbons (Fsp3) is 1.00. The van der Waals surface area contributed by atoms with Gasteiger partial charge in [-0.1, -0.05) is 55.2 Å². The maximum absolute atomic E-state index is 2.64. The molecular weight excluding hydrogens is 283 g/mol. The standard InChI is InChI=1S/C13H23I/c1-2-6-13(10-14)8-11-4-3-5-12(7-11)9-13/h11-12H,2-10H2,1H3. The van der Waals surface area contributed by atoms with Crippen LogP contribution in [0.5, 0.6) is 0 Å². The second kappa shape index (κ2) is 4.71. The monoisotopic (exact) mass is 306 g/mol. The quantitative estimate of drug-likeness (QED) is 0.518. The van der Waals surface area contributed by atoms with Crippen molar-refractivity contribution < 1.29 is 0 Å². The Hall–Kier alpha value is 0.730. The Kier molecular flexibility index (Phi) is 3.78. The van der Waals surface area contributed by atoms with Gasteiger partial charge in [0.15, 0.2) is 0 Å². The first kappa shape index (κ1) is 11.2. The van der Waals surface area contributed by atoms with Crippen LogP contribution in [0.3, 0.4) is 0 Å². The number of rotatable bonds is 3. The number of hydrogen-bond donors (Lipinski definition) is 0. The Morgan fingerprint density at radius 2 is 1.86 bits per heavy atom. The SMILES string of the molecule is CCCC1(CI)CC2CCCC(C2)C1. The van der Waals surface area contributed by atoms with Crippen molar-refractivity contribution in [2.45, 2.75) is 58.3 Å². The van der Waals surface area contributed by atoms with Crippen molar-refractivity contribution in [3.63, 3.8) is 0 Å². The number of alkyl halides is 1. The summed E-state index contributed by atoms with van der Waals surface area (Å²) in [5.74, 6) is 2.20. The molecule has 0 radical (unpaired) electrons. The normalized spacial score (nSPS) is 42.4. The van der Waals surface area contributed by atoms with Gasteiger partial charge >= 0.3 is 0 Å². The fourth-order valence-electron chi connectivity index (χ4n) is 3.99. The molecule has 2 fully saturated rings. The lowest BCUT2D eigenvalue weighted by Gasteiger charge is -2.47. The van der Waals surface area contributed by atoms with Crippen LogP contribution >= 0.6 is 22.6 Å². The van der Waals surface area contributed by atoms with Gasteiger partial charge in [-0.15, -0.1) is 0 Å². The third-order valence-electron chi connectivity index (χ3n) is 4.40. The van der Waals surface area contributed by atoms with Gasteiger partial charge in [0, 0.05) is 4.43 Å². The third kappa shape index (κ3) is 2.28. The lowest BCUT2D eigenvalue weighted by atomic mass is 9.60. The largest absolute Gasteiger partial charge is 0.0858 e. The summed E-state index contributed by atoms with van der Waals surface area (Å²) in [6.07, 6.45) is 12.2. The maximum Gasteiger partial charge on any atom is 0.00522 e. The van der Waals surface area contributed by atoms with E-state index in [4.69, 9.17) is 0 Å². The summed E-state index contributed by atoms with van der Waals surface area (Å²) in [6.45, 7) is 2.36. The van der Waals surface area contributed by atoms with Crippen molar-refractivity contribution in [1.82, 2.24) is 0 Å². The van der Waals surface area contributed by atoms with E-state index in [1.54, 1.807) is 32.1 Å². The minimum atomic E-state index is 0.753. The molecule has 2 aliphatic carbocycles. The van der Waals surface area contributed by atoms with Crippen LogP contribution in [0, 0.1) is 17.3 Å². The third-order valence-corrected chi connectivity index (χ3v) is 6.02. The molecule has 0 aromatic rings. The molecule has 0 N–H and O–H groups in total. The van der Waals surface area contributed by atoms with E-state index in [0.717, 1.165) is 17.3 Å². The molecule has 1 heteroatoms. The van der Waals surface area contributed by atoms with E-state index in [-0.39, 0.29) is 0 Å². The summed E-state index contributed by atoms with van der Waals surface area (Å²) >= 11 is 2.64. The summed E-state index contributed by atoms with van der Waals surface area (Å²) in [5, 5.41) is 0. The van der Waals surface area contributed by atoms with Gasteiger partial charge in [0.05, 0.1) is 0 Å². The summed E-state index contributed by atoms with van der Waals surface area (Å²) < 4.78 is 1.41. The van der Waals surface area contributed by atoms with Crippen molar-refractivity contribution in [2.75, 3.05) is 4.43 Å². The van der Waals surface area contributed by atoms with E-state index in [1.165, 1.54) is 23.7 Å². The molecule has 0 aromatic carbocycles. The topological polar surface area (TPSA) is 0 Å².